The zero-order chi connectivity index (χ0) is 16.9. The van der Waals surface area contributed by atoms with Crippen LogP contribution in [0.25, 0.3) is 0 Å². The Morgan fingerprint density at radius 1 is 0.875 bits per heavy atom. The van der Waals surface area contributed by atoms with Crippen LogP contribution in [0.15, 0.2) is 60.9 Å². The molecule has 0 aliphatic heterocycles. The van der Waals surface area contributed by atoms with E-state index in [9.17, 15) is 13.6 Å². The lowest BCUT2D eigenvalue weighted by molar-refractivity contribution is 0.102. The van der Waals surface area contributed by atoms with E-state index in [1.165, 1.54) is 42.7 Å². The Morgan fingerprint density at radius 3 is 2.17 bits per heavy atom. The quantitative estimate of drug-likeness (QED) is 0.766. The summed E-state index contributed by atoms with van der Waals surface area (Å²) >= 11 is 0. The summed E-state index contributed by atoms with van der Waals surface area (Å²) < 4.78 is 27.2. The summed E-state index contributed by atoms with van der Waals surface area (Å²) in [5.41, 5.74) is 0.286. The number of anilines is 3. The zero-order valence-electron chi connectivity index (χ0n) is 12.3. The maximum absolute atomic E-state index is 13.6. The third-order valence-electron chi connectivity index (χ3n) is 3.16. The van der Waals surface area contributed by atoms with E-state index in [0.29, 0.717) is 0 Å². The molecule has 0 radical (unpaired) electrons. The van der Waals surface area contributed by atoms with E-state index in [-0.39, 0.29) is 22.9 Å². The predicted molar refractivity (Wildman–Crippen MR) is 86.1 cm³/mol. The fourth-order valence-corrected chi connectivity index (χ4v) is 2.00. The number of carbonyl (C=O) groups is 1. The highest BCUT2D eigenvalue weighted by Gasteiger charge is 2.12. The lowest BCUT2D eigenvalue weighted by Gasteiger charge is -2.08. The molecule has 0 saturated heterocycles. The smallest absolute Gasteiger partial charge is 0.274 e. The summed E-state index contributed by atoms with van der Waals surface area (Å²) in [6.07, 6.45) is 1.17. The minimum Gasteiger partial charge on any atom is -0.338 e. The van der Waals surface area contributed by atoms with Crippen molar-refractivity contribution in [2.24, 2.45) is 0 Å². The number of para-hydroxylation sites is 2. The first-order valence-electron chi connectivity index (χ1n) is 7.03. The van der Waals surface area contributed by atoms with Crippen molar-refractivity contribution in [2.45, 2.75) is 0 Å². The Kier molecular flexibility index (Phi) is 4.42. The molecule has 1 heterocycles. The normalized spacial score (nSPS) is 10.2. The highest BCUT2D eigenvalue weighted by molar-refractivity contribution is 6.03. The number of halogens is 2. The van der Waals surface area contributed by atoms with Crippen molar-refractivity contribution in [3.05, 3.63) is 78.3 Å². The maximum Gasteiger partial charge on any atom is 0.274 e. The Morgan fingerprint density at radius 2 is 1.50 bits per heavy atom. The lowest BCUT2D eigenvalue weighted by Crippen LogP contribution is -2.15. The zero-order valence-corrected chi connectivity index (χ0v) is 12.3. The number of rotatable bonds is 4. The Hall–Kier alpha value is -3.35. The first kappa shape index (κ1) is 15.5. The van der Waals surface area contributed by atoms with Gasteiger partial charge >= 0.3 is 0 Å². The van der Waals surface area contributed by atoms with Gasteiger partial charge in [0, 0.05) is 6.07 Å². The van der Waals surface area contributed by atoms with Crippen LogP contribution in [0.2, 0.25) is 0 Å². The van der Waals surface area contributed by atoms with E-state index in [2.05, 4.69) is 20.6 Å². The predicted octanol–water partition coefficient (Wildman–Crippen LogP) is 3.75. The number of aromatic nitrogens is 2. The van der Waals surface area contributed by atoms with E-state index in [1.807, 2.05) is 0 Å². The van der Waals surface area contributed by atoms with Gasteiger partial charge in [-0.1, -0.05) is 24.3 Å². The molecule has 0 fully saturated rings. The summed E-state index contributed by atoms with van der Waals surface area (Å²) in [6.45, 7) is 0. The first-order chi connectivity index (χ1) is 11.6. The second-order valence-electron chi connectivity index (χ2n) is 4.83. The fraction of sp³-hybridized carbons (Fsp3) is 0. The third-order valence-corrected chi connectivity index (χ3v) is 3.16. The van der Waals surface area contributed by atoms with Gasteiger partial charge in [0.1, 0.15) is 29.5 Å². The molecule has 7 heteroatoms. The summed E-state index contributed by atoms with van der Waals surface area (Å²) in [7, 11) is 0. The van der Waals surface area contributed by atoms with Crippen molar-refractivity contribution in [1.82, 2.24) is 9.97 Å². The van der Waals surface area contributed by atoms with Gasteiger partial charge < -0.3 is 10.6 Å². The number of carbonyl (C=O) groups excluding carboxylic acids is 1. The van der Waals surface area contributed by atoms with Crippen LogP contribution in [0.4, 0.5) is 26.0 Å². The molecule has 3 rings (SSSR count). The highest BCUT2D eigenvalue weighted by atomic mass is 19.1. The first-order valence-corrected chi connectivity index (χ1v) is 7.03. The number of amides is 1. The minimum atomic E-state index is -0.598. The molecule has 0 bridgehead atoms. The van der Waals surface area contributed by atoms with Crippen LogP contribution in [-0.4, -0.2) is 15.9 Å². The van der Waals surface area contributed by atoms with Crippen LogP contribution in [0.5, 0.6) is 0 Å². The van der Waals surface area contributed by atoms with Gasteiger partial charge in [0.15, 0.2) is 0 Å². The topological polar surface area (TPSA) is 66.9 Å². The minimum absolute atomic E-state index is 0.0205. The molecule has 24 heavy (non-hydrogen) atoms. The van der Waals surface area contributed by atoms with Gasteiger partial charge in [-0.3, -0.25) is 4.79 Å². The van der Waals surface area contributed by atoms with Crippen LogP contribution in [0, 0.1) is 11.6 Å². The van der Waals surface area contributed by atoms with Crippen LogP contribution in [0.1, 0.15) is 10.5 Å². The van der Waals surface area contributed by atoms with E-state index >= 15 is 0 Å². The molecule has 0 spiro atoms. The van der Waals surface area contributed by atoms with Gasteiger partial charge in [-0.25, -0.2) is 18.7 Å². The molecular weight excluding hydrogens is 314 g/mol. The third kappa shape index (κ3) is 3.52. The van der Waals surface area contributed by atoms with Gasteiger partial charge in [0.2, 0.25) is 0 Å². The standard InChI is InChI=1S/C17H12F2N4O/c18-11-5-1-3-7-13(11)22-16-9-15(20-10-21-16)17(24)23-14-8-4-2-6-12(14)19/h1-10H,(H,23,24)(H,20,21,22). The molecule has 2 N–H and O–H groups in total. The van der Waals surface area contributed by atoms with Crippen LogP contribution >= 0.6 is 0 Å². The van der Waals surface area contributed by atoms with E-state index in [0.717, 1.165) is 0 Å². The van der Waals surface area contributed by atoms with Crippen molar-refractivity contribution in [3.8, 4) is 0 Å². The molecule has 0 atom stereocenters. The molecule has 3 aromatic rings. The van der Waals surface area contributed by atoms with E-state index in [1.54, 1.807) is 18.2 Å². The molecule has 1 amide bonds. The molecule has 0 aliphatic carbocycles. The van der Waals surface area contributed by atoms with Crippen molar-refractivity contribution in [1.29, 1.82) is 0 Å². The van der Waals surface area contributed by atoms with Gasteiger partial charge in [-0.2, -0.15) is 0 Å². The average molecular weight is 326 g/mol. The van der Waals surface area contributed by atoms with Crippen molar-refractivity contribution >= 4 is 23.1 Å². The van der Waals surface area contributed by atoms with E-state index in [4.69, 9.17) is 0 Å². The van der Waals surface area contributed by atoms with Crippen molar-refractivity contribution in [2.75, 3.05) is 10.6 Å². The molecule has 120 valence electrons. The Balaban J connectivity index is 1.79. The number of hydrogen-bond acceptors (Lipinski definition) is 4. The second kappa shape index (κ2) is 6.82. The van der Waals surface area contributed by atoms with Gasteiger partial charge in [-0.05, 0) is 24.3 Å². The summed E-state index contributed by atoms with van der Waals surface area (Å²) in [5.74, 6) is -1.36. The van der Waals surface area contributed by atoms with Gasteiger partial charge in [0.05, 0.1) is 11.4 Å². The molecule has 1 aromatic heterocycles. The van der Waals surface area contributed by atoms with Crippen molar-refractivity contribution < 1.29 is 13.6 Å². The lowest BCUT2D eigenvalue weighted by atomic mass is 10.2. The summed E-state index contributed by atoms with van der Waals surface area (Å²) in [5, 5.41) is 5.19. The fourth-order valence-electron chi connectivity index (χ4n) is 2.00. The molecule has 5 nitrogen and oxygen atoms in total. The number of hydrogen-bond donors (Lipinski definition) is 2. The van der Waals surface area contributed by atoms with Crippen molar-refractivity contribution in [3.63, 3.8) is 0 Å². The molecular formula is C17H12F2N4O. The SMILES string of the molecule is O=C(Nc1ccccc1F)c1cc(Nc2ccccc2F)ncn1. The van der Waals surface area contributed by atoms with E-state index < -0.39 is 17.5 Å². The summed E-state index contributed by atoms with van der Waals surface area (Å²) in [4.78, 5) is 20.0. The van der Waals surface area contributed by atoms with Gasteiger partial charge in [0.25, 0.3) is 5.91 Å². The Labute approximate surface area is 136 Å². The number of nitrogens with one attached hydrogen (secondary N) is 2. The monoisotopic (exact) mass is 326 g/mol. The van der Waals surface area contributed by atoms with Crippen LogP contribution < -0.4 is 10.6 Å². The molecule has 0 saturated carbocycles. The molecule has 2 aromatic carbocycles. The molecule has 0 aliphatic rings. The number of nitrogens with zero attached hydrogens (tertiary/aromatic N) is 2. The maximum atomic E-state index is 13.6. The Bertz CT molecular complexity index is 886. The van der Waals surface area contributed by atoms with Crippen LogP contribution in [0.3, 0.4) is 0 Å². The second-order valence-corrected chi connectivity index (χ2v) is 4.83. The van der Waals surface area contributed by atoms with Crippen LogP contribution in [-0.2, 0) is 0 Å². The number of benzene rings is 2. The largest absolute Gasteiger partial charge is 0.338 e. The average Bonchev–Trinajstić information content (AvgIpc) is 2.59. The highest BCUT2D eigenvalue weighted by Crippen LogP contribution is 2.19. The van der Waals surface area contributed by atoms with Gasteiger partial charge in [-0.15, -0.1) is 0 Å². The molecule has 0 unspecified atom stereocenters. The summed E-state index contributed by atoms with van der Waals surface area (Å²) in [6, 6.07) is 13.2.